The van der Waals surface area contributed by atoms with E-state index in [9.17, 15) is 0 Å². The van der Waals surface area contributed by atoms with Gasteiger partial charge in [-0.25, -0.2) is 0 Å². The van der Waals surface area contributed by atoms with E-state index in [4.69, 9.17) is 5.73 Å². The van der Waals surface area contributed by atoms with E-state index in [0.29, 0.717) is 12.5 Å². The second-order valence-corrected chi connectivity index (χ2v) is 5.21. The van der Waals surface area contributed by atoms with Crippen molar-refractivity contribution in [1.82, 2.24) is 14.7 Å². The van der Waals surface area contributed by atoms with Crippen molar-refractivity contribution < 1.29 is 0 Å². The van der Waals surface area contributed by atoms with E-state index in [2.05, 4.69) is 21.9 Å². The molecule has 0 radical (unpaired) electrons. The molecule has 2 N–H and O–H groups in total. The maximum atomic E-state index is 6.03. The summed E-state index contributed by atoms with van der Waals surface area (Å²) in [5.74, 6) is 1.41. The molecule has 2 heterocycles. The van der Waals surface area contributed by atoms with E-state index in [1.165, 1.54) is 18.4 Å². The van der Waals surface area contributed by atoms with Gasteiger partial charge in [-0.15, -0.1) is 24.0 Å². The van der Waals surface area contributed by atoms with Crippen LogP contribution in [-0.2, 0) is 6.54 Å². The van der Waals surface area contributed by atoms with E-state index in [1.807, 2.05) is 24.0 Å². The Labute approximate surface area is 132 Å². The third kappa shape index (κ3) is 5.00. The lowest BCUT2D eigenvalue weighted by Gasteiger charge is -2.31. The highest BCUT2D eigenvalue weighted by Gasteiger charge is 2.17. The summed E-state index contributed by atoms with van der Waals surface area (Å²) in [6, 6.07) is 0. The Bertz CT molecular complexity index is 415. The molecule has 0 spiro atoms. The first-order valence-corrected chi connectivity index (χ1v) is 6.69. The summed E-state index contributed by atoms with van der Waals surface area (Å²) in [6.07, 6.45) is 6.40. The molecule has 108 valence electrons. The van der Waals surface area contributed by atoms with Gasteiger partial charge in [0.15, 0.2) is 5.96 Å². The van der Waals surface area contributed by atoms with Crippen LogP contribution < -0.4 is 5.73 Å². The van der Waals surface area contributed by atoms with Crippen LogP contribution >= 0.6 is 24.0 Å². The van der Waals surface area contributed by atoms with Crippen LogP contribution in [0, 0.1) is 12.8 Å². The summed E-state index contributed by atoms with van der Waals surface area (Å²) < 4.78 is 1.91. The van der Waals surface area contributed by atoms with Crippen molar-refractivity contribution in [3.63, 3.8) is 0 Å². The Morgan fingerprint density at radius 3 is 3.00 bits per heavy atom. The highest BCUT2D eigenvalue weighted by atomic mass is 127. The molecule has 5 nitrogen and oxygen atoms in total. The number of hydrogen-bond donors (Lipinski definition) is 1. The quantitative estimate of drug-likeness (QED) is 0.497. The maximum Gasteiger partial charge on any atom is 0.191 e. The average molecular weight is 377 g/mol. The molecule has 0 aliphatic carbocycles. The van der Waals surface area contributed by atoms with Gasteiger partial charge in [0.25, 0.3) is 0 Å². The molecule has 1 saturated heterocycles. The van der Waals surface area contributed by atoms with Crippen molar-refractivity contribution >= 4 is 29.9 Å². The summed E-state index contributed by atoms with van der Waals surface area (Å²) in [7, 11) is 0. The molecule has 1 aliphatic heterocycles. The van der Waals surface area contributed by atoms with Crippen molar-refractivity contribution in [3.05, 3.63) is 18.0 Å². The SMILES string of the molecule is Cc1cnn(CCN=C(N)N2CCCC(C)C2)c1.I. The van der Waals surface area contributed by atoms with Gasteiger partial charge in [-0.05, 0) is 31.2 Å². The highest BCUT2D eigenvalue weighted by Crippen LogP contribution is 2.14. The van der Waals surface area contributed by atoms with Gasteiger partial charge in [-0.1, -0.05) is 6.92 Å². The number of halogens is 1. The molecular weight excluding hydrogens is 353 g/mol. The van der Waals surface area contributed by atoms with Gasteiger partial charge in [-0.3, -0.25) is 9.67 Å². The lowest BCUT2D eigenvalue weighted by molar-refractivity contribution is 0.270. The molecule has 1 aromatic rings. The average Bonchev–Trinajstić information content (AvgIpc) is 2.75. The number of nitrogens with two attached hydrogens (primary N) is 1. The van der Waals surface area contributed by atoms with E-state index in [-0.39, 0.29) is 24.0 Å². The number of aliphatic imine (C=N–C) groups is 1. The van der Waals surface area contributed by atoms with Crippen molar-refractivity contribution in [3.8, 4) is 0 Å². The zero-order valence-electron chi connectivity index (χ0n) is 11.7. The minimum atomic E-state index is 0. The third-order valence-corrected chi connectivity index (χ3v) is 3.35. The fourth-order valence-corrected chi connectivity index (χ4v) is 2.35. The first kappa shape index (κ1) is 16.3. The molecule has 1 unspecified atom stereocenters. The van der Waals surface area contributed by atoms with Gasteiger partial charge in [0.05, 0.1) is 19.3 Å². The lowest BCUT2D eigenvalue weighted by atomic mass is 10.0. The maximum absolute atomic E-state index is 6.03. The van der Waals surface area contributed by atoms with Crippen molar-refractivity contribution in [2.75, 3.05) is 19.6 Å². The van der Waals surface area contributed by atoms with E-state index < -0.39 is 0 Å². The summed E-state index contributed by atoms with van der Waals surface area (Å²) in [4.78, 5) is 6.64. The first-order chi connectivity index (χ1) is 8.65. The Hall–Kier alpha value is -0.790. The van der Waals surface area contributed by atoms with E-state index in [0.717, 1.165) is 25.6 Å². The number of piperidine rings is 1. The number of aryl methyl sites for hydroxylation is 1. The smallest absolute Gasteiger partial charge is 0.191 e. The third-order valence-electron chi connectivity index (χ3n) is 3.35. The van der Waals surface area contributed by atoms with Crippen LogP contribution in [0.4, 0.5) is 0 Å². The molecule has 0 bridgehead atoms. The van der Waals surface area contributed by atoms with Crippen LogP contribution in [0.2, 0.25) is 0 Å². The second-order valence-electron chi connectivity index (χ2n) is 5.21. The van der Waals surface area contributed by atoms with Crippen LogP contribution in [-0.4, -0.2) is 40.3 Å². The minimum Gasteiger partial charge on any atom is -0.370 e. The van der Waals surface area contributed by atoms with Crippen molar-refractivity contribution in [2.45, 2.75) is 33.2 Å². The molecule has 1 aromatic heterocycles. The standard InChI is InChI=1S/C13H23N5.HI/c1-11-4-3-6-17(9-11)13(14)15-5-7-18-10-12(2)8-16-18;/h8,10-11H,3-7,9H2,1-2H3,(H2,14,15);1H. The number of hydrogen-bond acceptors (Lipinski definition) is 2. The van der Waals surface area contributed by atoms with Gasteiger partial charge in [0, 0.05) is 19.3 Å². The summed E-state index contributed by atoms with van der Waals surface area (Å²) in [5.41, 5.74) is 7.20. The Morgan fingerprint density at radius 2 is 2.37 bits per heavy atom. The highest BCUT2D eigenvalue weighted by molar-refractivity contribution is 14.0. The summed E-state index contributed by atoms with van der Waals surface area (Å²) >= 11 is 0. The second kappa shape index (κ2) is 7.72. The zero-order chi connectivity index (χ0) is 13.0. The molecule has 6 heteroatoms. The summed E-state index contributed by atoms with van der Waals surface area (Å²) in [6.45, 7) is 7.87. The number of nitrogens with zero attached hydrogens (tertiary/aromatic N) is 4. The van der Waals surface area contributed by atoms with Crippen molar-refractivity contribution in [2.24, 2.45) is 16.6 Å². The van der Waals surface area contributed by atoms with E-state index >= 15 is 0 Å². The molecule has 1 aliphatic rings. The minimum absolute atomic E-state index is 0. The predicted molar refractivity (Wildman–Crippen MR) is 88.8 cm³/mol. The molecule has 0 saturated carbocycles. The Morgan fingerprint density at radius 1 is 1.58 bits per heavy atom. The number of rotatable bonds is 3. The van der Waals surface area contributed by atoms with Crippen LogP contribution in [0.25, 0.3) is 0 Å². The van der Waals surface area contributed by atoms with Crippen LogP contribution in [0.3, 0.4) is 0 Å². The Kier molecular flexibility index (Phi) is 6.60. The normalized spacial score (nSPS) is 20.2. The van der Waals surface area contributed by atoms with Crippen LogP contribution in [0.1, 0.15) is 25.3 Å². The van der Waals surface area contributed by atoms with E-state index in [1.54, 1.807) is 0 Å². The fraction of sp³-hybridized carbons (Fsp3) is 0.692. The lowest BCUT2D eigenvalue weighted by Crippen LogP contribution is -2.43. The topological polar surface area (TPSA) is 59.4 Å². The number of likely N-dealkylation sites (tertiary alicyclic amines) is 1. The molecule has 0 aromatic carbocycles. The Balaban J connectivity index is 0.00000180. The van der Waals surface area contributed by atoms with Crippen LogP contribution in [0.15, 0.2) is 17.4 Å². The van der Waals surface area contributed by atoms with Gasteiger partial charge in [0.2, 0.25) is 0 Å². The predicted octanol–water partition coefficient (Wildman–Crippen LogP) is 1.86. The van der Waals surface area contributed by atoms with Gasteiger partial charge >= 0.3 is 0 Å². The summed E-state index contributed by atoms with van der Waals surface area (Å²) in [5, 5.41) is 4.23. The van der Waals surface area contributed by atoms with Crippen molar-refractivity contribution in [1.29, 1.82) is 0 Å². The molecular formula is C13H24IN5. The molecule has 1 atom stereocenters. The first-order valence-electron chi connectivity index (χ1n) is 6.69. The fourth-order valence-electron chi connectivity index (χ4n) is 2.35. The molecule has 19 heavy (non-hydrogen) atoms. The van der Waals surface area contributed by atoms with Gasteiger partial charge in [0.1, 0.15) is 0 Å². The number of guanidine groups is 1. The molecule has 2 rings (SSSR count). The molecule has 0 amide bonds. The zero-order valence-corrected chi connectivity index (χ0v) is 14.1. The van der Waals surface area contributed by atoms with Crippen LogP contribution in [0.5, 0.6) is 0 Å². The molecule has 1 fully saturated rings. The largest absolute Gasteiger partial charge is 0.370 e. The monoisotopic (exact) mass is 377 g/mol. The van der Waals surface area contributed by atoms with Gasteiger partial charge < -0.3 is 10.6 Å². The van der Waals surface area contributed by atoms with Gasteiger partial charge in [-0.2, -0.15) is 5.10 Å². The number of aromatic nitrogens is 2.